The molecule has 0 radical (unpaired) electrons. The molecule has 20 heavy (non-hydrogen) atoms. The number of fused-ring (bicyclic) bond motifs is 1. The van der Waals surface area contributed by atoms with Crippen molar-refractivity contribution in [1.82, 2.24) is 0 Å². The lowest BCUT2D eigenvalue weighted by atomic mass is 9.91. The Hall–Kier alpha value is -2.38. The number of aliphatic carboxylic acids is 1. The Bertz CT molecular complexity index is 686. The minimum atomic E-state index is -1.02. The number of rotatable bonds is 4. The Balaban J connectivity index is 2.51. The minimum Gasteiger partial charge on any atom is -0.481 e. The van der Waals surface area contributed by atoms with Gasteiger partial charge in [-0.1, -0.05) is 36.4 Å². The SMILES string of the molecule is [C-]#[N+]c1ccc(C[C@@H](C(=O)O)[C@@H](C)O)c2ccccc12. The van der Waals surface area contributed by atoms with Gasteiger partial charge in [-0.2, -0.15) is 0 Å². The third-order valence-corrected chi connectivity index (χ3v) is 3.45. The summed E-state index contributed by atoms with van der Waals surface area (Å²) in [4.78, 5) is 14.7. The second-order valence-electron chi connectivity index (χ2n) is 4.79. The van der Waals surface area contributed by atoms with Crippen LogP contribution in [0.5, 0.6) is 0 Å². The molecule has 2 N–H and O–H groups in total. The van der Waals surface area contributed by atoms with Gasteiger partial charge in [-0.25, -0.2) is 4.85 Å². The van der Waals surface area contributed by atoms with E-state index in [1.54, 1.807) is 12.1 Å². The second kappa shape index (κ2) is 5.72. The van der Waals surface area contributed by atoms with Crippen LogP contribution >= 0.6 is 0 Å². The van der Waals surface area contributed by atoms with Crippen LogP contribution in [0.15, 0.2) is 36.4 Å². The number of benzene rings is 2. The van der Waals surface area contributed by atoms with Gasteiger partial charge < -0.3 is 10.2 Å². The van der Waals surface area contributed by atoms with Gasteiger partial charge in [-0.15, -0.1) is 0 Å². The van der Waals surface area contributed by atoms with Gasteiger partial charge >= 0.3 is 5.97 Å². The lowest BCUT2D eigenvalue weighted by Gasteiger charge is -2.17. The van der Waals surface area contributed by atoms with E-state index in [1.165, 1.54) is 6.92 Å². The Morgan fingerprint density at radius 1 is 1.25 bits per heavy atom. The summed E-state index contributed by atoms with van der Waals surface area (Å²) in [6, 6.07) is 10.9. The number of aliphatic hydroxyl groups is 1. The van der Waals surface area contributed by atoms with Gasteiger partial charge in [-0.3, -0.25) is 4.79 Å². The van der Waals surface area contributed by atoms with Crippen molar-refractivity contribution in [2.24, 2.45) is 5.92 Å². The topological polar surface area (TPSA) is 61.9 Å². The zero-order chi connectivity index (χ0) is 14.7. The number of carboxylic acid groups (broad SMARTS) is 1. The molecule has 0 bridgehead atoms. The lowest BCUT2D eigenvalue weighted by Crippen LogP contribution is -2.27. The standard InChI is InChI=1S/C16H15NO3/c1-10(18)14(16(19)20)9-11-7-8-15(17-2)13-6-4-3-5-12(11)13/h3-8,10,14,18H,9H2,1H3,(H,19,20)/t10-,14-/m1/s1. The zero-order valence-electron chi connectivity index (χ0n) is 11.1. The molecule has 0 amide bonds. The average Bonchev–Trinajstić information content (AvgIpc) is 2.43. The van der Waals surface area contributed by atoms with Crippen molar-refractivity contribution in [3.63, 3.8) is 0 Å². The molecule has 2 aromatic rings. The Morgan fingerprint density at radius 3 is 2.45 bits per heavy atom. The maximum absolute atomic E-state index is 11.2. The maximum Gasteiger partial charge on any atom is 0.309 e. The third-order valence-electron chi connectivity index (χ3n) is 3.45. The van der Waals surface area contributed by atoms with E-state index in [-0.39, 0.29) is 6.42 Å². The van der Waals surface area contributed by atoms with Crippen LogP contribution in [0, 0.1) is 12.5 Å². The number of carbonyl (C=O) groups is 1. The molecule has 0 aliphatic heterocycles. The average molecular weight is 269 g/mol. The summed E-state index contributed by atoms with van der Waals surface area (Å²) in [5.41, 5.74) is 1.38. The van der Waals surface area contributed by atoms with Crippen molar-refractivity contribution >= 4 is 22.4 Å². The van der Waals surface area contributed by atoms with Crippen LogP contribution in [-0.2, 0) is 11.2 Å². The van der Waals surface area contributed by atoms with Crippen LogP contribution in [0.25, 0.3) is 15.6 Å². The van der Waals surface area contributed by atoms with Crippen LogP contribution in [0.1, 0.15) is 12.5 Å². The largest absolute Gasteiger partial charge is 0.481 e. The Kier molecular flexibility index (Phi) is 4.02. The van der Waals surface area contributed by atoms with Gasteiger partial charge in [0.05, 0.1) is 18.6 Å². The molecular formula is C16H15NO3. The summed E-state index contributed by atoms with van der Waals surface area (Å²) in [5.74, 6) is -1.87. The smallest absolute Gasteiger partial charge is 0.309 e. The molecule has 0 fully saturated rings. The third kappa shape index (κ3) is 2.63. The van der Waals surface area contributed by atoms with Crippen molar-refractivity contribution in [2.45, 2.75) is 19.4 Å². The fraction of sp³-hybridized carbons (Fsp3) is 0.250. The number of hydrogen-bond acceptors (Lipinski definition) is 2. The predicted molar refractivity (Wildman–Crippen MR) is 76.7 cm³/mol. The first-order valence-electron chi connectivity index (χ1n) is 6.33. The summed E-state index contributed by atoms with van der Waals surface area (Å²) >= 11 is 0. The van der Waals surface area contributed by atoms with E-state index in [1.807, 2.05) is 24.3 Å². The first-order chi connectivity index (χ1) is 9.54. The summed E-state index contributed by atoms with van der Waals surface area (Å²) in [6.45, 7) is 8.65. The maximum atomic E-state index is 11.2. The van der Waals surface area contributed by atoms with Crippen molar-refractivity contribution in [1.29, 1.82) is 0 Å². The van der Waals surface area contributed by atoms with Crippen molar-refractivity contribution in [3.8, 4) is 0 Å². The molecule has 0 aliphatic carbocycles. The van der Waals surface area contributed by atoms with Crippen molar-refractivity contribution in [2.75, 3.05) is 0 Å². The summed E-state index contributed by atoms with van der Waals surface area (Å²) < 4.78 is 0. The van der Waals surface area contributed by atoms with Gasteiger partial charge in [0, 0.05) is 0 Å². The van der Waals surface area contributed by atoms with E-state index < -0.39 is 18.0 Å². The minimum absolute atomic E-state index is 0.242. The molecule has 4 nitrogen and oxygen atoms in total. The van der Waals surface area contributed by atoms with E-state index >= 15 is 0 Å². The number of carboxylic acids is 1. The van der Waals surface area contributed by atoms with E-state index in [0.717, 1.165) is 16.3 Å². The first kappa shape index (κ1) is 14.0. The summed E-state index contributed by atoms with van der Waals surface area (Å²) in [7, 11) is 0. The molecule has 0 unspecified atom stereocenters. The molecule has 2 atom stereocenters. The lowest BCUT2D eigenvalue weighted by molar-refractivity contribution is -0.145. The molecule has 4 heteroatoms. The van der Waals surface area contributed by atoms with Gasteiger partial charge in [0.15, 0.2) is 5.69 Å². The van der Waals surface area contributed by atoms with Gasteiger partial charge in [0.1, 0.15) is 0 Å². The van der Waals surface area contributed by atoms with E-state index in [0.29, 0.717) is 5.69 Å². The second-order valence-corrected chi connectivity index (χ2v) is 4.79. The van der Waals surface area contributed by atoms with Crippen LogP contribution in [-0.4, -0.2) is 22.3 Å². The molecule has 0 aliphatic rings. The quantitative estimate of drug-likeness (QED) is 0.839. The van der Waals surface area contributed by atoms with Gasteiger partial charge in [-0.05, 0) is 29.7 Å². The highest BCUT2D eigenvalue weighted by Crippen LogP contribution is 2.30. The van der Waals surface area contributed by atoms with Crippen LogP contribution in [0.2, 0.25) is 0 Å². The molecule has 0 saturated carbocycles. The van der Waals surface area contributed by atoms with E-state index in [9.17, 15) is 9.90 Å². The predicted octanol–water partition coefficient (Wildman–Crippen LogP) is 3.01. The molecule has 0 heterocycles. The van der Waals surface area contributed by atoms with Gasteiger partial charge in [0.25, 0.3) is 0 Å². The Labute approximate surface area is 117 Å². The fourth-order valence-electron chi connectivity index (χ4n) is 2.32. The first-order valence-corrected chi connectivity index (χ1v) is 6.33. The van der Waals surface area contributed by atoms with E-state index in [4.69, 9.17) is 11.7 Å². The van der Waals surface area contributed by atoms with Crippen molar-refractivity contribution < 1.29 is 15.0 Å². The van der Waals surface area contributed by atoms with E-state index in [2.05, 4.69) is 4.85 Å². The van der Waals surface area contributed by atoms with Crippen LogP contribution in [0.3, 0.4) is 0 Å². The molecule has 0 saturated heterocycles. The Morgan fingerprint density at radius 2 is 1.90 bits per heavy atom. The highest BCUT2D eigenvalue weighted by atomic mass is 16.4. The molecule has 0 aromatic heterocycles. The molecule has 102 valence electrons. The molecule has 0 spiro atoms. The summed E-state index contributed by atoms with van der Waals surface area (Å²) in [6.07, 6.45) is -0.682. The zero-order valence-corrected chi connectivity index (χ0v) is 11.1. The molecule has 2 rings (SSSR count). The highest BCUT2D eigenvalue weighted by Gasteiger charge is 2.24. The van der Waals surface area contributed by atoms with Crippen molar-refractivity contribution in [3.05, 3.63) is 53.4 Å². The van der Waals surface area contributed by atoms with Crippen LogP contribution < -0.4 is 0 Å². The number of nitrogens with zero attached hydrogens (tertiary/aromatic N) is 1. The normalized spacial score (nSPS) is 13.7. The number of hydrogen-bond donors (Lipinski definition) is 2. The molecular weight excluding hydrogens is 254 g/mol. The monoisotopic (exact) mass is 269 g/mol. The summed E-state index contributed by atoms with van der Waals surface area (Å²) in [5, 5.41) is 20.4. The molecule has 2 aromatic carbocycles. The highest BCUT2D eigenvalue weighted by molar-refractivity contribution is 5.96. The van der Waals surface area contributed by atoms with Crippen LogP contribution in [0.4, 0.5) is 5.69 Å². The van der Waals surface area contributed by atoms with Gasteiger partial charge in [0.2, 0.25) is 0 Å². The number of aliphatic hydroxyl groups excluding tert-OH is 1. The fourth-order valence-corrected chi connectivity index (χ4v) is 2.32.